The summed E-state index contributed by atoms with van der Waals surface area (Å²) in [4.78, 5) is 30.5. The first kappa shape index (κ1) is 20.5. The number of amides is 2. The van der Waals surface area contributed by atoms with Gasteiger partial charge in [-0.15, -0.1) is 0 Å². The second-order valence-electron chi connectivity index (χ2n) is 7.56. The molecular formula is C21H31N3O4. The minimum atomic E-state index is 0.0561. The number of piperazine rings is 1. The Morgan fingerprint density at radius 1 is 0.964 bits per heavy atom. The lowest BCUT2D eigenvalue weighted by atomic mass is 9.95. The van der Waals surface area contributed by atoms with Gasteiger partial charge in [-0.2, -0.15) is 0 Å². The van der Waals surface area contributed by atoms with Gasteiger partial charge in [0.15, 0.2) is 0 Å². The van der Waals surface area contributed by atoms with Crippen LogP contribution in [-0.2, 0) is 16.1 Å². The maximum Gasteiger partial charge on any atom is 0.225 e. The molecule has 2 heterocycles. The Bertz CT molecular complexity index is 693. The first-order valence-electron chi connectivity index (χ1n) is 9.99. The topological polar surface area (TPSA) is 62.3 Å². The summed E-state index contributed by atoms with van der Waals surface area (Å²) in [7, 11) is 3.34. The SMILES string of the molecule is COc1ccc(OC)c(CN2CCN(C(=O)C3CCN(C(C)=O)CC3)CC2)c1. The molecule has 1 aromatic rings. The van der Waals surface area contributed by atoms with Crippen LogP contribution in [0.3, 0.4) is 0 Å². The molecule has 0 aromatic heterocycles. The number of carbonyl (C=O) groups excluding carboxylic acids is 2. The average molecular weight is 389 g/mol. The quantitative estimate of drug-likeness (QED) is 0.766. The zero-order valence-corrected chi connectivity index (χ0v) is 17.1. The maximum absolute atomic E-state index is 12.8. The Balaban J connectivity index is 1.51. The summed E-state index contributed by atoms with van der Waals surface area (Å²) in [6, 6.07) is 5.84. The van der Waals surface area contributed by atoms with E-state index >= 15 is 0 Å². The van der Waals surface area contributed by atoms with Crippen LogP contribution in [-0.4, -0.2) is 80.0 Å². The lowest BCUT2D eigenvalue weighted by Crippen LogP contribution is -2.51. The lowest BCUT2D eigenvalue weighted by Gasteiger charge is -2.38. The average Bonchev–Trinajstić information content (AvgIpc) is 2.73. The van der Waals surface area contributed by atoms with Gasteiger partial charge in [0, 0.05) is 64.2 Å². The third-order valence-electron chi connectivity index (χ3n) is 5.86. The van der Waals surface area contributed by atoms with E-state index in [0.29, 0.717) is 13.1 Å². The van der Waals surface area contributed by atoms with E-state index in [0.717, 1.165) is 62.6 Å². The Morgan fingerprint density at radius 3 is 2.21 bits per heavy atom. The standard InChI is InChI=1S/C21H31N3O4/c1-16(25)23-8-6-17(7-9-23)21(26)24-12-10-22(11-13-24)15-18-14-19(27-2)4-5-20(18)28-3/h4-5,14,17H,6-13,15H2,1-3H3. The van der Waals surface area contributed by atoms with Crippen LogP contribution in [0, 0.1) is 5.92 Å². The Morgan fingerprint density at radius 2 is 1.64 bits per heavy atom. The monoisotopic (exact) mass is 389 g/mol. The highest BCUT2D eigenvalue weighted by molar-refractivity contribution is 5.80. The number of carbonyl (C=O) groups is 2. The van der Waals surface area contributed by atoms with E-state index in [1.807, 2.05) is 28.0 Å². The molecule has 2 amide bonds. The van der Waals surface area contributed by atoms with Gasteiger partial charge in [-0.3, -0.25) is 14.5 Å². The van der Waals surface area contributed by atoms with E-state index in [1.54, 1.807) is 21.1 Å². The van der Waals surface area contributed by atoms with Gasteiger partial charge in [0.2, 0.25) is 11.8 Å². The number of benzene rings is 1. The Kier molecular flexibility index (Phi) is 6.78. The van der Waals surface area contributed by atoms with E-state index in [9.17, 15) is 9.59 Å². The summed E-state index contributed by atoms with van der Waals surface area (Å²) in [6.45, 7) is 6.95. The number of ether oxygens (including phenoxy) is 2. The third-order valence-corrected chi connectivity index (χ3v) is 5.86. The molecule has 0 saturated carbocycles. The van der Waals surface area contributed by atoms with Crippen LogP contribution in [0.4, 0.5) is 0 Å². The highest BCUT2D eigenvalue weighted by Crippen LogP contribution is 2.26. The predicted octanol–water partition coefficient (Wildman–Crippen LogP) is 1.61. The first-order chi connectivity index (χ1) is 13.5. The summed E-state index contributed by atoms with van der Waals surface area (Å²) in [5.41, 5.74) is 1.10. The molecule has 154 valence electrons. The van der Waals surface area contributed by atoms with Gasteiger partial charge < -0.3 is 19.3 Å². The van der Waals surface area contributed by atoms with Crippen LogP contribution in [0.1, 0.15) is 25.3 Å². The molecule has 28 heavy (non-hydrogen) atoms. The highest BCUT2D eigenvalue weighted by Gasteiger charge is 2.31. The normalized spacial score (nSPS) is 18.8. The van der Waals surface area contributed by atoms with E-state index in [-0.39, 0.29) is 17.7 Å². The van der Waals surface area contributed by atoms with Gasteiger partial charge in [-0.05, 0) is 31.0 Å². The number of likely N-dealkylation sites (tertiary alicyclic amines) is 1. The van der Waals surface area contributed by atoms with E-state index in [2.05, 4.69) is 4.90 Å². The molecule has 1 aromatic carbocycles. The molecule has 2 saturated heterocycles. The molecule has 0 bridgehead atoms. The van der Waals surface area contributed by atoms with Gasteiger partial charge in [0.05, 0.1) is 14.2 Å². The molecule has 2 fully saturated rings. The van der Waals surface area contributed by atoms with E-state index < -0.39 is 0 Å². The summed E-state index contributed by atoms with van der Waals surface area (Å²) in [5, 5.41) is 0. The summed E-state index contributed by atoms with van der Waals surface area (Å²) in [5.74, 6) is 2.09. The summed E-state index contributed by atoms with van der Waals surface area (Å²) < 4.78 is 10.8. The van der Waals surface area contributed by atoms with Gasteiger partial charge in [-0.1, -0.05) is 0 Å². The van der Waals surface area contributed by atoms with Crippen molar-refractivity contribution in [2.75, 3.05) is 53.5 Å². The van der Waals surface area contributed by atoms with Crippen molar-refractivity contribution >= 4 is 11.8 Å². The van der Waals surface area contributed by atoms with Crippen molar-refractivity contribution in [2.24, 2.45) is 5.92 Å². The smallest absolute Gasteiger partial charge is 0.225 e. The van der Waals surface area contributed by atoms with Crippen LogP contribution < -0.4 is 9.47 Å². The minimum absolute atomic E-state index is 0.0561. The number of methoxy groups -OCH3 is 2. The second kappa shape index (κ2) is 9.28. The molecular weight excluding hydrogens is 358 g/mol. The number of rotatable bonds is 5. The van der Waals surface area contributed by atoms with Crippen molar-refractivity contribution in [2.45, 2.75) is 26.3 Å². The van der Waals surface area contributed by atoms with E-state index in [4.69, 9.17) is 9.47 Å². The van der Waals surface area contributed by atoms with Gasteiger partial charge >= 0.3 is 0 Å². The molecule has 2 aliphatic heterocycles. The zero-order chi connectivity index (χ0) is 20.1. The van der Waals surface area contributed by atoms with Crippen LogP contribution >= 0.6 is 0 Å². The molecule has 0 atom stereocenters. The lowest BCUT2D eigenvalue weighted by molar-refractivity contribution is -0.141. The zero-order valence-electron chi connectivity index (χ0n) is 17.1. The fourth-order valence-electron chi connectivity index (χ4n) is 4.07. The van der Waals surface area contributed by atoms with Crippen molar-refractivity contribution in [1.29, 1.82) is 0 Å². The van der Waals surface area contributed by atoms with Crippen molar-refractivity contribution in [3.63, 3.8) is 0 Å². The van der Waals surface area contributed by atoms with Crippen LogP contribution in [0.25, 0.3) is 0 Å². The van der Waals surface area contributed by atoms with Crippen LogP contribution in [0.2, 0.25) is 0 Å². The second-order valence-corrected chi connectivity index (χ2v) is 7.56. The molecule has 0 radical (unpaired) electrons. The third kappa shape index (κ3) is 4.76. The molecule has 7 nitrogen and oxygen atoms in total. The van der Waals surface area contributed by atoms with Crippen molar-refractivity contribution < 1.29 is 19.1 Å². The number of hydrogen-bond acceptors (Lipinski definition) is 5. The molecule has 7 heteroatoms. The Labute approximate surface area is 167 Å². The number of hydrogen-bond donors (Lipinski definition) is 0. The molecule has 3 rings (SSSR count). The molecule has 2 aliphatic rings. The first-order valence-corrected chi connectivity index (χ1v) is 9.99. The number of piperidine rings is 1. The van der Waals surface area contributed by atoms with Gasteiger partial charge in [0.25, 0.3) is 0 Å². The molecule has 0 unspecified atom stereocenters. The molecule has 0 aliphatic carbocycles. The maximum atomic E-state index is 12.8. The minimum Gasteiger partial charge on any atom is -0.497 e. The predicted molar refractivity (Wildman–Crippen MR) is 106 cm³/mol. The Hall–Kier alpha value is -2.28. The highest BCUT2D eigenvalue weighted by atomic mass is 16.5. The fourth-order valence-corrected chi connectivity index (χ4v) is 4.07. The van der Waals surface area contributed by atoms with Crippen molar-refractivity contribution in [3.8, 4) is 11.5 Å². The summed E-state index contributed by atoms with van der Waals surface area (Å²) >= 11 is 0. The summed E-state index contributed by atoms with van der Waals surface area (Å²) in [6.07, 6.45) is 1.55. The fraction of sp³-hybridized carbons (Fsp3) is 0.619. The van der Waals surface area contributed by atoms with E-state index in [1.165, 1.54) is 0 Å². The molecule has 0 spiro atoms. The van der Waals surface area contributed by atoms with Crippen LogP contribution in [0.15, 0.2) is 18.2 Å². The number of nitrogens with zero attached hydrogens (tertiary/aromatic N) is 3. The van der Waals surface area contributed by atoms with Crippen LogP contribution in [0.5, 0.6) is 11.5 Å². The van der Waals surface area contributed by atoms with Gasteiger partial charge in [0.1, 0.15) is 11.5 Å². The van der Waals surface area contributed by atoms with Gasteiger partial charge in [-0.25, -0.2) is 0 Å². The molecule has 0 N–H and O–H groups in total. The largest absolute Gasteiger partial charge is 0.497 e. The van der Waals surface area contributed by atoms with Crippen molar-refractivity contribution in [3.05, 3.63) is 23.8 Å². The van der Waals surface area contributed by atoms with Crippen molar-refractivity contribution in [1.82, 2.24) is 14.7 Å².